The first-order valence-electron chi connectivity index (χ1n) is 7.92. The van der Waals surface area contributed by atoms with Crippen LogP contribution >= 0.6 is 0 Å². The van der Waals surface area contributed by atoms with Crippen LogP contribution < -0.4 is 4.74 Å². The van der Waals surface area contributed by atoms with Gasteiger partial charge in [0.15, 0.2) is 0 Å². The Bertz CT molecular complexity index is 474. The molecule has 1 aromatic rings. The van der Waals surface area contributed by atoms with Crippen molar-refractivity contribution in [2.24, 2.45) is 17.8 Å². The van der Waals surface area contributed by atoms with Crippen molar-refractivity contribution in [1.29, 1.82) is 0 Å². The van der Waals surface area contributed by atoms with Crippen molar-refractivity contribution in [3.05, 3.63) is 29.3 Å². The molecule has 20 heavy (non-hydrogen) atoms. The molecule has 0 aromatic heterocycles. The molecule has 0 saturated heterocycles. The van der Waals surface area contributed by atoms with Crippen LogP contribution in [0.2, 0.25) is 0 Å². The Balaban J connectivity index is 1.87. The van der Waals surface area contributed by atoms with Gasteiger partial charge in [0, 0.05) is 13.0 Å². The van der Waals surface area contributed by atoms with E-state index in [4.69, 9.17) is 9.47 Å². The zero-order valence-electron chi connectivity index (χ0n) is 13.1. The summed E-state index contributed by atoms with van der Waals surface area (Å²) in [6.45, 7) is 6.90. The highest BCUT2D eigenvalue weighted by Gasteiger charge is 2.35. The van der Waals surface area contributed by atoms with Gasteiger partial charge in [-0.1, -0.05) is 32.9 Å². The van der Waals surface area contributed by atoms with Gasteiger partial charge in [-0.15, -0.1) is 0 Å². The van der Waals surface area contributed by atoms with Crippen LogP contribution in [0.3, 0.4) is 0 Å². The van der Waals surface area contributed by atoms with Crippen LogP contribution in [-0.4, -0.2) is 13.4 Å². The van der Waals surface area contributed by atoms with Crippen LogP contribution in [0.1, 0.15) is 50.7 Å². The van der Waals surface area contributed by atoms with Crippen molar-refractivity contribution in [3.8, 4) is 5.75 Å². The molecule has 1 aliphatic carbocycles. The van der Waals surface area contributed by atoms with Crippen LogP contribution in [0.25, 0.3) is 0 Å². The highest BCUT2D eigenvalue weighted by Crippen LogP contribution is 2.47. The zero-order valence-corrected chi connectivity index (χ0v) is 13.1. The second-order valence-electron chi connectivity index (χ2n) is 6.88. The summed E-state index contributed by atoms with van der Waals surface area (Å²) in [6, 6.07) is 6.81. The molecule has 2 nitrogen and oxygen atoms in total. The van der Waals surface area contributed by atoms with Crippen LogP contribution in [0.15, 0.2) is 18.2 Å². The van der Waals surface area contributed by atoms with E-state index in [2.05, 4.69) is 39.0 Å². The van der Waals surface area contributed by atoms with Crippen LogP contribution in [-0.2, 0) is 11.2 Å². The standard InChI is InChI=1S/C18H26O2/c1-11(2)17(13-5-6-13)14-7-8-16-15(10-14)9-12(3)18(19-4)20-16/h7-8,10-13,17-18H,5-6,9H2,1-4H3. The molecular formula is C18H26O2. The molecule has 3 unspecified atom stereocenters. The van der Waals surface area contributed by atoms with Gasteiger partial charge in [-0.25, -0.2) is 0 Å². The van der Waals surface area contributed by atoms with Crippen LogP contribution in [0.5, 0.6) is 5.75 Å². The Kier molecular flexibility index (Phi) is 3.76. The minimum atomic E-state index is -0.0994. The molecule has 1 aliphatic heterocycles. The Morgan fingerprint density at radius 1 is 1.25 bits per heavy atom. The van der Waals surface area contributed by atoms with Gasteiger partial charge in [0.25, 0.3) is 0 Å². The van der Waals surface area contributed by atoms with E-state index in [1.54, 1.807) is 7.11 Å². The second kappa shape index (κ2) is 5.40. The second-order valence-corrected chi connectivity index (χ2v) is 6.88. The fourth-order valence-electron chi connectivity index (χ4n) is 3.70. The summed E-state index contributed by atoms with van der Waals surface area (Å²) < 4.78 is 11.3. The average molecular weight is 274 g/mol. The first-order valence-corrected chi connectivity index (χ1v) is 7.92. The van der Waals surface area contributed by atoms with Crippen molar-refractivity contribution in [1.82, 2.24) is 0 Å². The van der Waals surface area contributed by atoms with Gasteiger partial charge in [-0.2, -0.15) is 0 Å². The number of ether oxygens (including phenoxy) is 2. The third-order valence-electron chi connectivity index (χ3n) is 4.80. The van der Waals surface area contributed by atoms with E-state index in [0.29, 0.717) is 11.8 Å². The maximum absolute atomic E-state index is 5.94. The van der Waals surface area contributed by atoms with Gasteiger partial charge in [-0.05, 0) is 54.2 Å². The molecule has 1 aromatic carbocycles. The largest absolute Gasteiger partial charge is 0.464 e. The quantitative estimate of drug-likeness (QED) is 0.811. The number of hydrogen-bond donors (Lipinski definition) is 0. The molecule has 2 aliphatic rings. The summed E-state index contributed by atoms with van der Waals surface area (Å²) in [5.74, 6) is 3.77. The highest BCUT2D eigenvalue weighted by molar-refractivity contribution is 5.41. The fraction of sp³-hybridized carbons (Fsp3) is 0.667. The predicted molar refractivity (Wildman–Crippen MR) is 81.0 cm³/mol. The molecule has 0 amide bonds. The zero-order chi connectivity index (χ0) is 14.3. The Labute approximate surface area is 122 Å². The third-order valence-corrected chi connectivity index (χ3v) is 4.80. The minimum Gasteiger partial charge on any atom is -0.464 e. The number of hydrogen-bond acceptors (Lipinski definition) is 2. The summed E-state index contributed by atoms with van der Waals surface area (Å²) in [4.78, 5) is 0. The summed E-state index contributed by atoms with van der Waals surface area (Å²) in [7, 11) is 1.72. The van der Waals surface area contributed by atoms with E-state index in [1.807, 2.05) is 0 Å². The van der Waals surface area contributed by atoms with Crippen molar-refractivity contribution in [2.75, 3.05) is 7.11 Å². The SMILES string of the molecule is COC1Oc2ccc(C(C(C)C)C3CC3)cc2CC1C. The Hall–Kier alpha value is -1.02. The normalized spacial score (nSPS) is 27.1. The van der Waals surface area contributed by atoms with Gasteiger partial charge < -0.3 is 9.47 Å². The van der Waals surface area contributed by atoms with E-state index in [9.17, 15) is 0 Å². The van der Waals surface area contributed by atoms with Crippen molar-refractivity contribution in [3.63, 3.8) is 0 Å². The lowest BCUT2D eigenvalue weighted by molar-refractivity contribution is -0.0966. The maximum atomic E-state index is 5.94. The molecule has 0 radical (unpaired) electrons. The number of methoxy groups -OCH3 is 1. The van der Waals surface area contributed by atoms with E-state index in [0.717, 1.165) is 24.0 Å². The van der Waals surface area contributed by atoms with E-state index in [1.165, 1.54) is 24.0 Å². The molecule has 1 saturated carbocycles. The van der Waals surface area contributed by atoms with Crippen LogP contribution in [0, 0.1) is 17.8 Å². The van der Waals surface area contributed by atoms with Gasteiger partial charge in [-0.3, -0.25) is 0 Å². The smallest absolute Gasteiger partial charge is 0.202 e. The molecule has 0 bridgehead atoms. The van der Waals surface area contributed by atoms with Gasteiger partial charge in [0.2, 0.25) is 6.29 Å². The lowest BCUT2D eigenvalue weighted by Gasteiger charge is -2.31. The van der Waals surface area contributed by atoms with Gasteiger partial charge in [0.1, 0.15) is 5.75 Å². The molecular weight excluding hydrogens is 248 g/mol. The highest BCUT2D eigenvalue weighted by atomic mass is 16.7. The number of rotatable bonds is 4. The molecule has 1 fully saturated rings. The molecule has 2 heteroatoms. The maximum Gasteiger partial charge on any atom is 0.202 e. The Morgan fingerprint density at radius 2 is 2.00 bits per heavy atom. The molecule has 110 valence electrons. The van der Waals surface area contributed by atoms with E-state index in [-0.39, 0.29) is 6.29 Å². The Morgan fingerprint density at radius 3 is 2.60 bits per heavy atom. The van der Waals surface area contributed by atoms with Crippen molar-refractivity contribution < 1.29 is 9.47 Å². The summed E-state index contributed by atoms with van der Waals surface area (Å²) >= 11 is 0. The summed E-state index contributed by atoms with van der Waals surface area (Å²) in [5, 5.41) is 0. The van der Waals surface area contributed by atoms with Crippen LogP contribution in [0.4, 0.5) is 0 Å². The van der Waals surface area contributed by atoms with Crippen molar-refractivity contribution in [2.45, 2.75) is 52.2 Å². The molecule has 0 N–H and O–H groups in total. The fourth-order valence-corrected chi connectivity index (χ4v) is 3.70. The number of benzene rings is 1. The number of fused-ring (bicyclic) bond motifs is 1. The van der Waals surface area contributed by atoms with Gasteiger partial charge in [0.05, 0.1) is 0 Å². The van der Waals surface area contributed by atoms with Gasteiger partial charge >= 0.3 is 0 Å². The third kappa shape index (κ3) is 2.58. The van der Waals surface area contributed by atoms with E-state index < -0.39 is 0 Å². The summed E-state index contributed by atoms with van der Waals surface area (Å²) in [5.41, 5.74) is 2.86. The molecule has 1 heterocycles. The lowest BCUT2D eigenvalue weighted by atomic mass is 9.82. The minimum absolute atomic E-state index is 0.0994. The molecule has 3 atom stereocenters. The summed E-state index contributed by atoms with van der Waals surface area (Å²) in [6.07, 6.45) is 3.76. The topological polar surface area (TPSA) is 18.5 Å². The predicted octanol–water partition coefficient (Wildman–Crippen LogP) is 4.38. The first kappa shape index (κ1) is 13.9. The first-order chi connectivity index (χ1) is 9.60. The monoisotopic (exact) mass is 274 g/mol. The average Bonchev–Trinajstić information content (AvgIpc) is 3.22. The lowest BCUT2D eigenvalue weighted by Crippen LogP contribution is -2.32. The molecule has 3 rings (SSSR count). The van der Waals surface area contributed by atoms with E-state index >= 15 is 0 Å². The van der Waals surface area contributed by atoms with Crippen molar-refractivity contribution >= 4 is 0 Å². The molecule has 0 spiro atoms.